The van der Waals surface area contributed by atoms with Crippen molar-refractivity contribution in [3.8, 4) is 5.75 Å². The van der Waals surface area contributed by atoms with Crippen LogP contribution >= 0.6 is 12.6 Å². The molecule has 0 spiro atoms. The van der Waals surface area contributed by atoms with Crippen molar-refractivity contribution in [2.24, 2.45) is 5.92 Å². The first-order chi connectivity index (χ1) is 14.5. The number of hydrogen-bond donors (Lipinski definition) is 3. The molecule has 0 saturated carbocycles. The zero-order valence-corrected chi connectivity index (χ0v) is 17.7. The van der Waals surface area contributed by atoms with Gasteiger partial charge in [0.1, 0.15) is 18.5 Å². The lowest BCUT2D eigenvalue weighted by Gasteiger charge is -2.25. The number of aliphatic hydroxyl groups is 1. The van der Waals surface area contributed by atoms with Gasteiger partial charge in [0, 0.05) is 11.6 Å². The Labute approximate surface area is 181 Å². The highest BCUT2D eigenvalue weighted by molar-refractivity contribution is 7.81. The molecule has 0 saturated heterocycles. The van der Waals surface area contributed by atoms with Crippen molar-refractivity contribution in [1.29, 1.82) is 0 Å². The highest BCUT2D eigenvalue weighted by atomic mass is 32.1. The summed E-state index contributed by atoms with van der Waals surface area (Å²) in [4.78, 5) is 23.8. The van der Waals surface area contributed by atoms with Crippen molar-refractivity contribution in [3.05, 3.63) is 60.2 Å². The van der Waals surface area contributed by atoms with Gasteiger partial charge < -0.3 is 19.3 Å². The number of benzene rings is 2. The fourth-order valence-corrected chi connectivity index (χ4v) is 2.89. The van der Waals surface area contributed by atoms with Gasteiger partial charge in [-0.25, -0.2) is 4.79 Å². The van der Waals surface area contributed by atoms with Gasteiger partial charge in [-0.15, -0.1) is 0 Å². The number of nitrogens with one attached hydrogen (secondary N) is 1. The number of thiol groups is 1. The highest BCUT2D eigenvalue weighted by Crippen LogP contribution is 2.31. The molecular weight excluding hydrogens is 406 g/mol. The molecular formula is C22H27NO6S. The van der Waals surface area contributed by atoms with E-state index in [2.05, 4.69) is 17.9 Å². The number of ether oxygens (including phenoxy) is 3. The Morgan fingerprint density at radius 1 is 1.10 bits per heavy atom. The number of carbonyl (C=O) groups is 2. The highest BCUT2D eigenvalue weighted by Gasteiger charge is 2.24. The topological polar surface area (TPSA) is 94.1 Å². The summed E-state index contributed by atoms with van der Waals surface area (Å²) in [6.45, 7) is 2.17. The number of hydrogen-bond acceptors (Lipinski definition) is 7. The molecule has 7 nitrogen and oxygen atoms in total. The summed E-state index contributed by atoms with van der Waals surface area (Å²) in [5.41, 5.74) is 1.36. The van der Waals surface area contributed by atoms with Crippen molar-refractivity contribution in [3.63, 3.8) is 0 Å². The maximum atomic E-state index is 12.5. The minimum absolute atomic E-state index is 0.0119. The van der Waals surface area contributed by atoms with Crippen molar-refractivity contribution < 1.29 is 28.9 Å². The van der Waals surface area contributed by atoms with E-state index < -0.39 is 18.2 Å². The van der Waals surface area contributed by atoms with Crippen molar-refractivity contribution in [2.45, 2.75) is 19.4 Å². The van der Waals surface area contributed by atoms with E-state index in [4.69, 9.17) is 19.3 Å². The van der Waals surface area contributed by atoms with Gasteiger partial charge in [-0.05, 0) is 36.2 Å². The summed E-state index contributed by atoms with van der Waals surface area (Å²) < 4.78 is 16.3. The molecule has 0 fully saturated rings. The van der Waals surface area contributed by atoms with Crippen LogP contribution in [0.25, 0.3) is 0 Å². The molecule has 2 aromatic carbocycles. The van der Waals surface area contributed by atoms with Crippen LogP contribution in [0, 0.1) is 5.92 Å². The van der Waals surface area contributed by atoms with Gasteiger partial charge in [0.25, 0.3) is 0 Å². The third-order valence-corrected chi connectivity index (χ3v) is 4.54. The van der Waals surface area contributed by atoms with Gasteiger partial charge in [0.2, 0.25) is 0 Å². The first kappa shape index (κ1) is 23.6. The summed E-state index contributed by atoms with van der Waals surface area (Å²) in [6, 6.07) is 16.2. The molecule has 162 valence electrons. The Morgan fingerprint density at radius 2 is 1.87 bits per heavy atom. The molecule has 8 heteroatoms. The predicted molar refractivity (Wildman–Crippen MR) is 117 cm³/mol. The monoisotopic (exact) mass is 433 g/mol. The first-order valence-electron chi connectivity index (χ1n) is 9.66. The zero-order chi connectivity index (χ0) is 21.8. The predicted octanol–water partition coefficient (Wildman–Crippen LogP) is 3.85. The van der Waals surface area contributed by atoms with Crippen LogP contribution in [0.3, 0.4) is 0 Å². The molecule has 2 N–H and O–H groups in total. The summed E-state index contributed by atoms with van der Waals surface area (Å²) in [6.07, 6.45) is -0.696. The van der Waals surface area contributed by atoms with Gasteiger partial charge in [-0.3, -0.25) is 10.1 Å². The average Bonchev–Trinajstić information content (AvgIpc) is 2.76. The Hall–Kier alpha value is -2.71. The maximum Gasteiger partial charge on any atom is 0.412 e. The Kier molecular flexibility index (Phi) is 10.0. The largest absolute Gasteiger partial charge is 0.491 e. The lowest BCUT2D eigenvalue weighted by molar-refractivity contribution is -0.141. The molecule has 0 unspecified atom stereocenters. The van der Waals surface area contributed by atoms with Crippen LogP contribution in [0.5, 0.6) is 5.75 Å². The average molecular weight is 434 g/mol. The lowest BCUT2D eigenvalue weighted by atomic mass is 9.94. The number of carbonyl (C=O) groups excluding carboxylic acids is 2. The third-order valence-electron chi connectivity index (χ3n) is 4.28. The molecule has 0 aliphatic rings. The number of para-hydroxylation sites is 1. The van der Waals surface area contributed by atoms with Gasteiger partial charge in [-0.1, -0.05) is 37.3 Å². The fraction of sp³-hybridized carbons (Fsp3) is 0.364. The van der Waals surface area contributed by atoms with E-state index >= 15 is 0 Å². The lowest BCUT2D eigenvalue weighted by Crippen LogP contribution is -2.23. The summed E-state index contributed by atoms with van der Waals surface area (Å²) in [5.74, 6) is 0.0294. The molecule has 0 bridgehead atoms. The summed E-state index contributed by atoms with van der Waals surface area (Å²) >= 11 is 3.89. The van der Waals surface area contributed by atoms with E-state index in [1.807, 2.05) is 31.2 Å². The second-order valence-electron chi connectivity index (χ2n) is 6.61. The minimum Gasteiger partial charge on any atom is -0.491 e. The van der Waals surface area contributed by atoms with Crippen molar-refractivity contribution >= 4 is 30.4 Å². The SMILES string of the molecule is C[C@H](CCOC(=O)CS)[C@@H](OC(=O)Nc1ccccc1)c1cccc(OCCO)c1. The van der Waals surface area contributed by atoms with Crippen LogP contribution in [0.15, 0.2) is 54.6 Å². The van der Waals surface area contributed by atoms with Crippen LogP contribution in [-0.2, 0) is 14.3 Å². The van der Waals surface area contributed by atoms with Gasteiger partial charge >= 0.3 is 12.1 Å². The molecule has 0 aromatic heterocycles. The molecule has 2 atom stereocenters. The molecule has 0 radical (unpaired) electrons. The smallest absolute Gasteiger partial charge is 0.412 e. The maximum absolute atomic E-state index is 12.5. The van der Waals surface area contributed by atoms with Crippen LogP contribution in [-0.4, -0.2) is 42.7 Å². The fourth-order valence-electron chi connectivity index (χ4n) is 2.80. The second kappa shape index (κ2) is 12.8. The molecule has 0 aliphatic heterocycles. The first-order valence-corrected chi connectivity index (χ1v) is 10.3. The molecule has 1 amide bonds. The molecule has 2 rings (SSSR count). The number of rotatable bonds is 11. The Morgan fingerprint density at radius 3 is 2.57 bits per heavy atom. The van der Waals surface area contributed by atoms with Gasteiger partial charge in [0.15, 0.2) is 0 Å². The zero-order valence-electron chi connectivity index (χ0n) is 16.8. The van der Waals surface area contributed by atoms with Crippen LogP contribution < -0.4 is 10.1 Å². The number of anilines is 1. The van der Waals surface area contributed by atoms with E-state index in [1.165, 1.54) is 0 Å². The van der Waals surface area contributed by atoms with Gasteiger partial charge in [0.05, 0.1) is 19.0 Å². The number of aliphatic hydroxyl groups excluding tert-OH is 1. The van der Waals surface area contributed by atoms with E-state index in [0.29, 0.717) is 17.9 Å². The molecule has 2 aromatic rings. The van der Waals surface area contributed by atoms with Crippen molar-refractivity contribution in [1.82, 2.24) is 0 Å². The van der Waals surface area contributed by atoms with E-state index in [1.54, 1.807) is 30.3 Å². The third kappa shape index (κ3) is 7.96. The van der Waals surface area contributed by atoms with E-state index in [0.717, 1.165) is 5.56 Å². The van der Waals surface area contributed by atoms with Crippen molar-refractivity contribution in [2.75, 3.05) is 30.9 Å². The minimum atomic E-state index is -0.596. The molecule has 0 heterocycles. The number of amides is 1. The van der Waals surface area contributed by atoms with Crippen LogP contribution in [0.2, 0.25) is 0 Å². The summed E-state index contributed by atoms with van der Waals surface area (Å²) in [5, 5.41) is 11.7. The quantitative estimate of drug-likeness (QED) is 0.368. The van der Waals surface area contributed by atoms with E-state index in [-0.39, 0.29) is 31.5 Å². The van der Waals surface area contributed by atoms with Crippen LogP contribution in [0.4, 0.5) is 10.5 Å². The van der Waals surface area contributed by atoms with Crippen LogP contribution in [0.1, 0.15) is 25.0 Å². The normalized spacial score (nSPS) is 12.5. The Balaban J connectivity index is 2.12. The number of esters is 1. The standard InChI is InChI=1S/C22H27NO6S/c1-16(10-12-28-20(25)15-30)21(17-6-5-9-19(14-17)27-13-11-24)29-22(26)23-18-7-3-2-4-8-18/h2-9,14,16,21,24,30H,10-13,15H2,1H3,(H,23,26)/t16-,21-/m1/s1. The molecule has 30 heavy (non-hydrogen) atoms. The van der Waals surface area contributed by atoms with Gasteiger partial charge in [-0.2, -0.15) is 12.6 Å². The summed E-state index contributed by atoms with van der Waals surface area (Å²) in [7, 11) is 0. The Bertz CT molecular complexity index is 801. The van der Waals surface area contributed by atoms with E-state index in [9.17, 15) is 9.59 Å². The molecule has 0 aliphatic carbocycles. The second-order valence-corrected chi connectivity index (χ2v) is 6.92.